The lowest BCUT2D eigenvalue weighted by Gasteiger charge is -2.07. The summed E-state index contributed by atoms with van der Waals surface area (Å²) in [6.45, 7) is 8.68. The molecule has 0 spiro atoms. The highest BCUT2D eigenvalue weighted by Gasteiger charge is 2.20. The molecule has 0 bridgehead atoms. The van der Waals surface area contributed by atoms with Gasteiger partial charge in [0, 0.05) is 17.8 Å². The fourth-order valence-corrected chi connectivity index (χ4v) is 2.83. The summed E-state index contributed by atoms with van der Waals surface area (Å²) in [6.07, 6.45) is 0. The lowest BCUT2D eigenvalue weighted by molar-refractivity contribution is 0.0941. The summed E-state index contributed by atoms with van der Waals surface area (Å²) in [6, 6.07) is 10.0. The summed E-state index contributed by atoms with van der Waals surface area (Å²) in [5.74, 6) is 0.392. The first-order chi connectivity index (χ1) is 11.9. The minimum atomic E-state index is -0.241. The summed E-state index contributed by atoms with van der Waals surface area (Å²) in [5.41, 5.74) is 5.26. The van der Waals surface area contributed by atoms with Crippen LogP contribution < -0.4 is 5.32 Å². The summed E-state index contributed by atoms with van der Waals surface area (Å²) < 4.78 is 7.11. The van der Waals surface area contributed by atoms with Gasteiger partial charge < -0.3 is 9.84 Å². The molecule has 6 heteroatoms. The molecule has 6 nitrogen and oxygen atoms in total. The van der Waals surface area contributed by atoms with Crippen molar-refractivity contribution >= 4 is 5.91 Å². The Balaban J connectivity index is 1.76. The Morgan fingerprint density at radius 2 is 2.00 bits per heavy atom. The standard InChI is InChI=1S/C19H22N4O2/c1-12-6-5-7-16(8-12)10-20-19(24)18-17(15(4)25-22-18)11-23-14(3)9-13(2)21-23/h5-9H,10-11H2,1-4H3,(H,20,24). The van der Waals surface area contributed by atoms with Crippen molar-refractivity contribution in [2.24, 2.45) is 0 Å². The van der Waals surface area contributed by atoms with Crippen LogP contribution in [0.2, 0.25) is 0 Å². The normalized spacial score (nSPS) is 10.9. The van der Waals surface area contributed by atoms with Gasteiger partial charge in [0.15, 0.2) is 5.69 Å². The van der Waals surface area contributed by atoms with E-state index in [1.165, 1.54) is 0 Å². The monoisotopic (exact) mass is 338 g/mol. The van der Waals surface area contributed by atoms with Gasteiger partial charge in [-0.15, -0.1) is 0 Å². The Bertz CT molecular complexity index is 908. The highest BCUT2D eigenvalue weighted by molar-refractivity contribution is 5.93. The fourth-order valence-electron chi connectivity index (χ4n) is 2.83. The van der Waals surface area contributed by atoms with Gasteiger partial charge in [-0.2, -0.15) is 5.10 Å². The molecule has 1 amide bonds. The van der Waals surface area contributed by atoms with E-state index >= 15 is 0 Å². The van der Waals surface area contributed by atoms with Gasteiger partial charge >= 0.3 is 0 Å². The van der Waals surface area contributed by atoms with Crippen molar-refractivity contribution in [2.45, 2.75) is 40.8 Å². The molecule has 25 heavy (non-hydrogen) atoms. The van der Waals surface area contributed by atoms with E-state index in [9.17, 15) is 4.79 Å². The number of hydrogen-bond donors (Lipinski definition) is 1. The molecule has 0 saturated heterocycles. The zero-order chi connectivity index (χ0) is 18.0. The zero-order valence-electron chi connectivity index (χ0n) is 15.0. The minimum absolute atomic E-state index is 0.241. The summed E-state index contributed by atoms with van der Waals surface area (Å²) in [5, 5.41) is 11.3. The number of benzene rings is 1. The molecule has 0 aliphatic rings. The van der Waals surface area contributed by atoms with Crippen LogP contribution >= 0.6 is 0 Å². The van der Waals surface area contributed by atoms with E-state index in [1.807, 2.05) is 62.7 Å². The Kier molecular flexibility index (Phi) is 4.70. The molecule has 3 aromatic rings. The molecule has 0 unspecified atom stereocenters. The Labute approximate surface area is 146 Å². The number of amides is 1. The van der Waals surface area contributed by atoms with Crippen LogP contribution in [0.15, 0.2) is 34.9 Å². The first kappa shape index (κ1) is 17.0. The second kappa shape index (κ2) is 6.93. The van der Waals surface area contributed by atoms with Crippen molar-refractivity contribution in [1.82, 2.24) is 20.3 Å². The van der Waals surface area contributed by atoms with Crippen molar-refractivity contribution < 1.29 is 9.32 Å². The molecule has 130 valence electrons. The van der Waals surface area contributed by atoms with Crippen LogP contribution in [0.25, 0.3) is 0 Å². The van der Waals surface area contributed by atoms with E-state index < -0.39 is 0 Å². The van der Waals surface area contributed by atoms with Crippen LogP contribution in [0, 0.1) is 27.7 Å². The maximum absolute atomic E-state index is 12.6. The van der Waals surface area contributed by atoms with Crippen molar-refractivity contribution in [1.29, 1.82) is 0 Å². The maximum atomic E-state index is 12.6. The molecular formula is C19H22N4O2. The largest absolute Gasteiger partial charge is 0.361 e. The fraction of sp³-hybridized carbons (Fsp3) is 0.316. The molecule has 2 aromatic heterocycles. The van der Waals surface area contributed by atoms with Gasteiger partial charge in [-0.1, -0.05) is 35.0 Å². The summed E-state index contributed by atoms with van der Waals surface area (Å²) in [4.78, 5) is 12.6. The van der Waals surface area contributed by atoms with Gasteiger partial charge in [0.25, 0.3) is 5.91 Å². The quantitative estimate of drug-likeness (QED) is 0.776. The van der Waals surface area contributed by atoms with Gasteiger partial charge in [0.1, 0.15) is 5.76 Å². The van der Waals surface area contributed by atoms with E-state index in [4.69, 9.17) is 4.52 Å². The molecule has 0 saturated carbocycles. The van der Waals surface area contributed by atoms with Crippen LogP contribution in [-0.4, -0.2) is 20.8 Å². The maximum Gasteiger partial charge on any atom is 0.274 e. The topological polar surface area (TPSA) is 73.0 Å². The van der Waals surface area contributed by atoms with E-state index in [-0.39, 0.29) is 5.91 Å². The van der Waals surface area contributed by atoms with Crippen molar-refractivity contribution in [3.63, 3.8) is 0 Å². The molecule has 0 fully saturated rings. The van der Waals surface area contributed by atoms with Crippen LogP contribution in [0.3, 0.4) is 0 Å². The average molecular weight is 338 g/mol. The third kappa shape index (κ3) is 3.79. The Hall–Kier alpha value is -2.89. The number of carbonyl (C=O) groups is 1. The summed E-state index contributed by atoms with van der Waals surface area (Å²) >= 11 is 0. The van der Waals surface area contributed by atoms with Crippen molar-refractivity contribution in [3.8, 4) is 0 Å². The van der Waals surface area contributed by atoms with Crippen molar-refractivity contribution in [3.05, 3.63) is 69.9 Å². The zero-order valence-corrected chi connectivity index (χ0v) is 15.0. The Morgan fingerprint density at radius 3 is 2.68 bits per heavy atom. The molecule has 0 aliphatic heterocycles. The highest BCUT2D eigenvalue weighted by atomic mass is 16.5. The third-order valence-corrected chi connectivity index (χ3v) is 4.15. The number of rotatable bonds is 5. The molecule has 0 radical (unpaired) electrons. The van der Waals surface area contributed by atoms with E-state index in [0.717, 1.165) is 28.1 Å². The molecule has 0 atom stereocenters. The number of aryl methyl sites for hydroxylation is 4. The van der Waals surface area contributed by atoms with E-state index in [2.05, 4.69) is 15.6 Å². The number of hydrogen-bond acceptors (Lipinski definition) is 4. The van der Waals surface area contributed by atoms with Crippen molar-refractivity contribution in [2.75, 3.05) is 0 Å². The molecule has 2 heterocycles. The van der Waals surface area contributed by atoms with E-state index in [0.29, 0.717) is 24.5 Å². The van der Waals surface area contributed by atoms with Crippen LogP contribution in [0.5, 0.6) is 0 Å². The summed E-state index contributed by atoms with van der Waals surface area (Å²) in [7, 11) is 0. The lowest BCUT2D eigenvalue weighted by atomic mass is 10.1. The average Bonchev–Trinajstić information content (AvgIpc) is 3.08. The Morgan fingerprint density at radius 1 is 1.20 bits per heavy atom. The second-order valence-corrected chi connectivity index (χ2v) is 6.32. The van der Waals surface area contributed by atoms with Gasteiger partial charge in [-0.3, -0.25) is 9.48 Å². The third-order valence-electron chi connectivity index (χ3n) is 4.15. The van der Waals surface area contributed by atoms with Gasteiger partial charge in [-0.25, -0.2) is 0 Å². The molecule has 3 rings (SSSR count). The lowest BCUT2D eigenvalue weighted by Crippen LogP contribution is -2.25. The molecule has 1 N–H and O–H groups in total. The predicted octanol–water partition coefficient (Wildman–Crippen LogP) is 3.08. The van der Waals surface area contributed by atoms with E-state index in [1.54, 1.807) is 0 Å². The SMILES string of the molecule is Cc1cccc(CNC(=O)c2noc(C)c2Cn2nc(C)cc2C)c1. The first-order valence-corrected chi connectivity index (χ1v) is 8.24. The van der Waals surface area contributed by atoms with Gasteiger partial charge in [-0.05, 0) is 39.3 Å². The number of aromatic nitrogens is 3. The molecule has 1 aromatic carbocycles. The first-order valence-electron chi connectivity index (χ1n) is 8.24. The number of nitrogens with zero attached hydrogens (tertiary/aromatic N) is 3. The number of carbonyl (C=O) groups excluding carboxylic acids is 1. The molecule has 0 aliphatic carbocycles. The van der Waals surface area contributed by atoms with Crippen LogP contribution in [0.4, 0.5) is 0 Å². The van der Waals surface area contributed by atoms with Gasteiger partial charge in [0.2, 0.25) is 0 Å². The predicted molar refractivity (Wildman–Crippen MR) is 94.4 cm³/mol. The second-order valence-electron chi connectivity index (χ2n) is 6.32. The van der Waals surface area contributed by atoms with Crippen LogP contribution in [0.1, 0.15) is 44.3 Å². The number of nitrogens with one attached hydrogen (secondary N) is 1. The van der Waals surface area contributed by atoms with Crippen LogP contribution in [-0.2, 0) is 13.1 Å². The minimum Gasteiger partial charge on any atom is -0.361 e. The smallest absolute Gasteiger partial charge is 0.274 e. The molecular weight excluding hydrogens is 316 g/mol. The highest BCUT2D eigenvalue weighted by Crippen LogP contribution is 2.16. The van der Waals surface area contributed by atoms with Gasteiger partial charge in [0.05, 0.1) is 12.2 Å².